The van der Waals surface area contributed by atoms with Crippen LogP contribution in [0.4, 0.5) is 0 Å². The number of Topliss-reactive ketones (excluding diaryl/α,β-unsaturated/α-hetero) is 1. The normalized spacial score (nSPS) is 12.5. The summed E-state index contributed by atoms with van der Waals surface area (Å²) in [5.74, 6) is 0.497. The zero-order chi connectivity index (χ0) is 19.5. The van der Waals surface area contributed by atoms with Gasteiger partial charge in [0.1, 0.15) is 12.1 Å². The Morgan fingerprint density at radius 3 is 1.38 bits per heavy atom. The Morgan fingerprint density at radius 1 is 0.692 bits per heavy atom. The van der Waals surface area contributed by atoms with E-state index in [2.05, 4.69) is 0 Å². The second-order valence-electron chi connectivity index (χ2n) is 8.24. The van der Waals surface area contributed by atoms with E-state index in [1.54, 1.807) is 0 Å². The van der Waals surface area contributed by atoms with Gasteiger partial charge in [0.05, 0.1) is 6.04 Å². The van der Waals surface area contributed by atoms with Gasteiger partial charge in [0.15, 0.2) is 0 Å². The molecule has 0 rings (SSSR count). The molecule has 3 heteroatoms. The highest BCUT2D eigenvalue weighted by molar-refractivity contribution is 5.83. The molecule has 0 aromatic heterocycles. The van der Waals surface area contributed by atoms with Crippen LogP contribution in [0.15, 0.2) is 0 Å². The van der Waals surface area contributed by atoms with Gasteiger partial charge in [-0.3, -0.25) is 4.79 Å². The monoisotopic (exact) mass is 367 g/mol. The van der Waals surface area contributed by atoms with E-state index in [-0.39, 0.29) is 17.7 Å². The van der Waals surface area contributed by atoms with E-state index in [9.17, 15) is 9.59 Å². The molecule has 0 amide bonds. The maximum Gasteiger partial charge on any atom is 0.149 e. The summed E-state index contributed by atoms with van der Waals surface area (Å²) in [5, 5.41) is 0. The van der Waals surface area contributed by atoms with Gasteiger partial charge in [0.25, 0.3) is 0 Å². The van der Waals surface area contributed by atoms with E-state index in [0.717, 1.165) is 25.5 Å². The van der Waals surface area contributed by atoms with Crippen molar-refractivity contribution >= 4 is 12.1 Å². The second kappa shape index (κ2) is 19.1. The third-order valence-corrected chi connectivity index (χ3v) is 5.34. The molecule has 3 nitrogen and oxygen atoms in total. The zero-order valence-corrected chi connectivity index (χ0v) is 17.6. The molecule has 0 fully saturated rings. The van der Waals surface area contributed by atoms with Crippen molar-refractivity contribution in [3.8, 4) is 0 Å². The predicted molar refractivity (Wildman–Crippen MR) is 112 cm³/mol. The molecular formula is C23H45NO2. The van der Waals surface area contributed by atoms with Crippen molar-refractivity contribution in [1.29, 1.82) is 0 Å². The largest absolute Gasteiger partial charge is 0.321 e. The third kappa shape index (κ3) is 16.8. The van der Waals surface area contributed by atoms with Crippen LogP contribution in [0.1, 0.15) is 123 Å². The molecule has 0 unspecified atom stereocenters. The van der Waals surface area contributed by atoms with Gasteiger partial charge in [0.2, 0.25) is 0 Å². The first kappa shape index (κ1) is 25.3. The summed E-state index contributed by atoms with van der Waals surface area (Å²) in [5.41, 5.74) is 5.87. The Labute approximate surface area is 162 Å². The first-order chi connectivity index (χ1) is 12.6. The van der Waals surface area contributed by atoms with Crippen LogP contribution < -0.4 is 5.73 Å². The van der Waals surface area contributed by atoms with E-state index in [0.29, 0.717) is 6.42 Å². The highest BCUT2D eigenvalue weighted by Crippen LogP contribution is 2.14. The van der Waals surface area contributed by atoms with Crippen molar-refractivity contribution in [1.82, 2.24) is 0 Å². The Kier molecular flexibility index (Phi) is 18.6. The van der Waals surface area contributed by atoms with Crippen LogP contribution in [0.2, 0.25) is 0 Å². The van der Waals surface area contributed by atoms with Crippen LogP contribution in [0.5, 0.6) is 0 Å². The maximum atomic E-state index is 11.8. The molecule has 26 heavy (non-hydrogen) atoms. The summed E-state index contributed by atoms with van der Waals surface area (Å²) >= 11 is 0. The van der Waals surface area contributed by atoms with Gasteiger partial charge < -0.3 is 10.5 Å². The fourth-order valence-corrected chi connectivity index (χ4v) is 3.36. The number of carbonyl (C=O) groups is 2. The first-order valence-corrected chi connectivity index (χ1v) is 11.3. The molecule has 0 saturated heterocycles. The minimum absolute atomic E-state index is 0.237. The van der Waals surface area contributed by atoms with Gasteiger partial charge in [-0.05, 0) is 18.8 Å². The summed E-state index contributed by atoms with van der Waals surface area (Å²) in [6.07, 6.45) is 21.7. The summed E-state index contributed by atoms with van der Waals surface area (Å²) in [6, 6.07) is -0.266. The molecule has 0 aliphatic rings. The topological polar surface area (TPSA) is 60.2 Å². The lowest BCUT2D eigenvalue weighted by Gasteiger charge is -2.13. The minimum atomic E-state index is -0.266. The summed E-state index contributed by atoms with van der Waals surface area (Å²) in [7, 11) is 0. The SMILES string of the molecule is CC(C)[C@H](N)C(=O)CCCCCCCCCCCCCCCCCC=O. The molecule has 2 N–H and O–H groups in total. The van der Waals surface area contributed by atoms with Crippen LogP contribution in [-0.2, 0) is 9.59 Å². The quantitative estimate of drug-likeness (QED) is 0.201. The molecule has 0 heterocycles. The fourth-order valence-electron chi connectivity index (χ4n) is 3.36. The van der Waals surface area contributed by atoms with Gasteiger partial charge in [-0.2, -0.15) is 0 Å². The van der Waals surface area contributed by atoms with Crippen LogP contribution in [0.25, 0.3) is 0 Å². The lowest BCUT2D eigenvalue weighted by molar-refractivity contribution is -0.121. The molecular weight excluding hydrogens is 322 g/mol. The number of unbranched alkanes of at least 4 members (excludes halogenated alkanes) is 15. The highest BCUT2D eigenvalue weighted by atomic mass is 16.1. The minimum Gasteiger partial charge on any atom is -0.321 e. The molecule has 0 saturated carbocycles. The molecule has 0 aromatic rings. The molecule has 0 aromatic carbocycles. The zero-order valence-electron chi connectivity index (χ0n) is 17.6. The average molecular weight is 368 g/mol. The average Bonchev–Trinajstić information content (AvgIpc) is 2.63. The molecule has 0 aliphatic heterocycles. The summed E-state index contributed by atoms with van der Waals surface area (Å²) in [6.45, 7) is 4.03. The lowest BCUT2D eigenvalue weighted by Crippen LogP contribution is -2.35. The van der Waals surface area contributed by atoms with Crippen molar-refractivity contribution in [3.63, 3.8) is 0 Å². The molecule has 0 spiro atoms. The molecule has 1 atom stereocenters. The van der Waals surface area contributed by atoms with Crippen LogP contribution in [-0.4, -0.2) is 18.1 Å². The lowest BCUT2D eigenvalue weighted by atomic mass is 9.97. The van der Waals surface area contributed by atoms with Crippen molar-refractivity contribution in [2.45, 2.75) is 129 Å². The number of aldehydes is 1. The van der Waals surface area contributed by atoms with Crippen LogP contribution in [0, 0.1) is 5.92 Å². The highest BCUT2D eigenvalue weighted by Gasteiger charge is 2.15. The van der Waals surface area contributed by atoms with Gasteiger partial charge in [-0.25, -0.2) is 0 Å². The smallest absolute Gasteiger partial charge is 0.149 e. The Morgan fingerprint density at radius 2 is 1.04 bits per heavy atom. The number of hydrogen-bond acceptors (Lipinski definition) is 3. The standard InChI is InChI=1S/C23H45NO2/c1-21(2)23(24)22(26)19-17-15-13-11-9-7-5-3-4-6-8-10-12-14-16-18-20-25/h20-21,23H,3-19,24H2,1-2H3/t23-/m0/s1. The first-order valence-electron chi connectivity index (χ1n) is 11.3. The van der Waals surface area contributed by atoms with E-state index >= 15 is 0 Å². The Hall–Kier alpha value is -0.700. The maximum absolute atomic E-state index is 11.8. The van der Waals surface area contributed by atoms with Crippen molar-refractivity contribution in [2.24, 2.45) is 11.7 Å². The molecule has 0 bridgehead atoms. The van der Waals surface area contributed by atoms with Crippen LogP contribution in [0.3, 0.4) is 0 Å². The van der Waals surface area contributed by atoms with E-state index in [1.165, 1.54) is 83.5 Å². The molecule has 0 radical (unpaired) electrons. The number of hydrogen-bond donors (Lipinski definition) is 1. The number of rotatable bonds is 20. The predicted octanol–water partition coefficient (Wildman–Crippen LogP) is 6.37. The van der Waals surface area contributed by atoms with Crippen molar-refractivity contribution in [2.75, 3.05) is 0 Å². The van der Waals surface area contributed by atoms with Gasteiger partial charge in [0, 0.05) is 12.8 Å². The number of carbonyl (C=O) groups excluding carboxylic acids is 2. The van der Waals surface area contributed by atoms with E-state index in [4.69, 9.17) is 5.73 Å². The number of nitrogens with two attached hydrogens (primary N) is 1. The third-order valence-electron chi connectivity index (χ3n) is 5.34. The number of ketones is 1. The van der Waals surface area contributed by atoms with Crippen molar-refractivity contribution in [3.05, 3.63) is 0 Å². The second-order valence-corrected chi connectivity index (χ2v) is 8.24. The van der Waals surface area contributed by atoms with Crippen molar-refractivity contribution < 1.29 is 9.59 Å². The van der Waals surface area contributed by atoms with E-state index in [1.807, 2.05) is 13.8 Å². The summed E-state index contributed by atoms with van der Waals surface area (Å²) in [4.78, 5) is 22.0. The van der Waals surface area contributed by atoms with Crippen LogP contribution >= 0.6 is 0 Å². The molecule has 154 valence electrons. The fraction of sp³-hybridized carbons (Fsp3) is 0.913. The Balaban J connectivity index is 3.16. The Bertz CT molecular complexity index is 328. The van der Waals surface area contributed by atoms with E-state index < -0.39 is 0 Å². The van der Waals surface area contributed by atoms with Gasteiger partial charge in [-0.1, -0.05) is 97.3 Å². The van der Waals surface area contributed by atoms with Gasteiger partial charge in [-0.15, -0.1) is 0 Å². The summed E-state index contributed by atoms with van der Waals surface area (Å²) < 4.78 is 0. The molecule has 0 aliphatic carbocycles. The van der Waals surface area contributed by atoms with Gasteiger partial charge >= 0.3 is 0 Å².